The van der Waals surface area contributed by atoms with Crippen LogP contribution in [-0.4, -0.2) is 34.8 Å². The summed E-state index contributed by atoms with van der Waals surface area (Å²) >= 11 is 0. The number of hydrogen-bond acceptors (Lipinski definition) is 4. The molecule has 1 fully saturated rings. The molecule has 1 N–H and O–H groups in total. The Morgan fingerprint density at radius 1 is 1.44 bits per heavy atom. The van der Waals surface area contributed by atoms with E-state index in [1.54, 1.807) is 18.2 Å². The van der Waals surface area contributed by atoms with Crippen LogP contribution in [0, 0.1) is 5.82 Å². The number of carbonyl (C=O) groups is 1. The molecule has 1 aromatic rings. The minimum absolute atomic E-state index is 0.206. The van der Waals surface area contributed by atoms with Crippen LogP contribution in [0.4, 0.5) is 4.39 Å². The summed E-state index contributed by atoms with van der Waals surface area (Å²) in [6.07, 6.45) is 0. The Kier molecular flexibility index (Phi) is 4.08. The molecule has 3 unspecified atom stereocenters. The topological polar surface area (TPSA) is 55.4 Å². The van der Waals surface area contributed by atoms with Crippen molar-refractivity contribution in [2.24, 2.45) is 0 Å². The Morgan fingerprint density at radius 3 is 2.83 bits per heavy atom. The highest BCUT2D eigenvalue weighted by molar-refractivity contribution is 7.85. The molecule has 98 valence electrons. The number of hydrogen-bond donors (Lipinski definition) is 1. The van der Waals surface area contributed by atoms with Gasteiger partial charge in [-0.3, -0.25) is 14.3 Å². The highest BCUT2D eigenvalue weighted by Gasteiger charge is 2.32. The highest BCUT2D eigenvalue weighted by atomic mass is 32.2. The van der Waals surface area contributed by atoms with Gasteiger partial charge in [-0.1, -0.05) is 18.2 Å². The van der Waals surface area contributed by atoms with Gasteiger partial charge in [0.15, 0.2) is 0 Å². The molecular weight excluding hydrogens is 257 g/mol. The Hall–Kier alpha value is -1.27. The molecule has 18 heavy (non-hydrogen) atoms. The third-order valence-corrected chi connectivity index (χ3v) is 4.28. The van der Waals surface area contributed by atoms with Crippen LogP contribution in [0.3, 0.4) is 0 Å². The van der Waals surface area contributed by atoms with Gasteiger partial charge >= 0.3 is 5.97 Å². The van der Waals surface area contributed by atoms with Gasteiger partial charge in [-0.05, 0) is 6.07 Å². The van der Waals surface area contributed by atoms with Crippen LogP contribution >= 0.6 is 0 Å². The van der Waals surface area contributed by atoms with Crippen LogP contribution in [0.1, 0.15) is 11.6 Å². The van der Waals surface area contributed by atoms with E-state index in [1.807, 2.05) is 0 Å². The first-order chi connectivity index (χ1) is 8.61. The first-order valence-corrected chi connectivity index (χ1v) is 7.04. The van der Waals surface area contributed by atoms with Gasteiger partial charge in [-0.15, -0.1) is 0 Å². The van der Waals surface area contributed by atoms with Crippen molar-refractivity contribution in [3.05, 3.63) is 35.6 Å². The average Bonchev–Trinajstić information content (AvgIpc) is 2.37. The molecule has 1 aliphatic heterocycles. The zero-order valence-electron chi connectivity index (χ0n) is 9.89. The monoisotopic (exact) mass is 271 g/mol. The smallest absolute Gasteiger partial charge is 0.323 e. The first-order valence-electron chi connectivity index (χ1n) is 5.55. The highest BCUT2D eigenvalue weighted by Crippen LogP contribution is 2.22. The zero-order valence-corrected chi connectivity index (χ0v) is 10.7. The SMILES string of the molecule is COC(=O)C1CS(=O)CC(c2ccccc2F)N1. The van der Waals surface area contributed by atoms with E-state index >= 15 is 0 Å². The first kappa shape index (κ1) is 13.2. The summed E-state index contributed by atoms with van der Waals surface area (Å²) in [4.78, 5) is 11.5. The molecule has 4 nitrogen and oxygen atoms in total. The molecule has 1 aliphatic rings. The lowest BCUT2D eigenvalue weighted by Gasteiger charge is -2.29. The summed E-state index contributed by atoms with van der Waals surface area (Å²) in [6, 6.07) is 5.21. The van der Waals surface area contributed by atoms with E-state index in [4.69, 9.17) is 0 Å². The fraction of sp³-hybridized carbons (Fsp3) is 0.417. The Balaban J connectivity index is 2.21. The molecule has 1 heterocycles. The molecule has 0 radical (unpaired) electrons. The largest absolute Gasteiger partial charge is 0.468 e. The van der Waals surface area contributed by atoms with Crippen molar-refractivity contribution in [3.8, 4) is 0 Å². The third kappa shape index (κ3) is 2.76. The quantitative estimate of drug-likeness (QED) is 0.807. The number of benzene rings is 1. The molecule has 2 rings (SSSR count). The van der Waals surface area contributed by atoms with Crippen molar-refractivity contribution in [1.82, 2.24) is 5.32 Å². The van der Waals surface area contributed by atoms with Crippen LogP contribution < -0.4 is 5.32 Å². The molecular formula is C12H14FNO3S. The summed E-state index contributed by atoms with van der Waals surface area (Å²) in [5, 5.41) is 2.98. The fourth-order valence-corrected chi connectivity index (χ4v) is 3.38. The van der Waals surface area contributed by atoms with Crippen LogP contribution in [0.15, 0.2) is 24.3 Å². The predicted octanol–water partition coefficient (Wildman–Crippen LogP) is 0.760. The van der Waals surface area contributed by atoms with Gasteiger partial charge in [0.2, 0.25) is 0 Å². The molecule has 1 saturated heterocycles. The van der Waals surface area contributed by atoms with E-state index in [1.165, 1.54) is 13.2 Å². The van der Waals surface area contributed by atoms with Crippen LogP contribution in [0.2, 0.25) is 0 Å². The van der Waals surface area contributed by atoms with Crippen molar-refractivity contribution < 1.29 is 18.1 Å². The summed E-state index contributed by atoms with van der Waals surface area (Å²) in [7, 11) is 0.116. The zero-order chi connectivity index (χ0) is 13.1. The van der Waals surface area contributed by atoms with Crippen molar-refractivity contribution >= 4 is 16.8 Å². The standard InChI is InChI=1S/C12H14FNO3S/c1-17-12(15)11-7-18(16)6-10(14-11)8-4-2-3-5-9(8)13/h2-5,10-11,14H,6-7H2,1H3. The normalized spacial score (nSPS) is 27.8. The lowest BCUT2D eigenvalue weighted by atomic mass is 10.1. The van der Waals surface area contributed by atoms with Gasteiger partial charge in [0, 0.05) is 33.9 Å². The van der Waals surface area contributed by atoms with Crippen molar-refractivity contribution in [2.75, 3.05) is 18.6 Å². The Bertz CT molecular complexity index is 480. The Labute approximate surface area is 107 Å². The van der Waals surface area contributed by atoms with Crippen molar-refractivity contribution in [2.45, 2.75) is 12.1 Å². The molecule has 0 saturated carbocycles. The molecule has 0 bridgehead atoms. The summed E-state index contributed by atoms with van der Waals surface area (Å²) in [6.45, 7) is 0. The van der Waals surface area contributed by atoms with Gasteiger partial charge < -0.3 is 4.74 Å². The number of nitrogens with one attached hydrogen (secondary N) is 1. The maximum Gasteiger partial charge on any atom is 0.323 e. The van der Waals surface area contributed by atoms with Gasteiger partial charge in [-0.2, -0.15) is 0 Å². The fourth-order valence-electron chi connectivity index (χ4n) is 1.99. The average molecular weight is 271 g/mol. The minimum Gasteiger partial charge on any atom is -0.468 e. The number of halogens is 1. The predicted molar refractivity (Wildman–Crippen MR) is 66.0 cm³/mol. The van der Waals surface area contributed by atoms with E-state index in [-0.39, 0.29) is 11.6 Å². The van der Waals surface area contributed by atoms with Crippen LogP contribution in [0.25, 0.3) is 0 Å². The van der Waals surface area contributed by atoms with Crippen LogP contribution in [-0.2, 0) is 20.3 Å². The lowest BCUT2D eigenvalue weighted by Crippen LogP contribution is -2.50. The summed E-state index contributed by atoms with van der Waals surface area (Å²) < 4.78 is 30.0. The van der Waals surface area contributed by atoms with E-state index in [2.05, 4.69) is 10.1 Å². The second-order valence-electron chi connectivity index (χ2n) is 4.09. The summed E-state index contributed by atoms with van der Waals surface area (Å²) in [5.74, 6) is -0.326. The number of rotatable bonds is 2. The van der Waals surface area contributed by atoms with Gasteiger partial charge in [0.1, 0.15) is 11.9 Å². The molecule has 1 aromatic carbocycles. The Morgan fingerprint density at radius 2 is 2.17 bits per heavy atom. The molecule has 0 aliphatic carbocycles. The van der Waals surface area contributed by atoms with Crippen LogP contribution in [0.5, 0.6) is 0 Å². The maximum atomic E-state index is 13.7. The molecule has 3 atom stereocenters. The second-order valence-corrected chi connectivity index (χ2v) is 5.64. The van der Waals surface area contributed by atoms with Gasteiger partial charge in [0.05, 0.1) is 7.11 Å². The molecule has 0 amide bonds. The lowest BCUT2D eigenvalue weighted by molar-refractivity contribution is -0.142. The number of methoxy groups -OCH3 is 1. The van der Waals surface area contributed by atoms with E-state index in [9.17, 15) is 13.4 Å². The number of ether oxygens (including phenoxy) is 1. The second kappa shape index (κ2) is 5.58. The number of esters is 1. The van der Waals surface area contributed by atoms with E-state index < -0.39 is 28.9 Å². The maximum absolute atomic E-state index is 13.7. The van der Waals surface area contributed by atoms with E-state index in [0.29, 0.717) is 11.3 Å². The van der Waals surface area contributed by atoms with Gasteiger partial charge in [0.25, 0.3) is 0 Å². The molecule has 6 heteroatoms. The summed E-state index contributed by atoms with van der Waals surface area (Å²) in [5.41, 5.74) is 0.430. The van der Waals surface area contributed by atoms with E-state index in [0.717, 1.165) is 0 Å². The minimum atomic E-state index is -1.16. The third-order valence-electron chi connectivity index (χ3n) is 2.87. The molecule has 0 aromatic heterocycles. The van der Waals surface area contributed by atoms with Gasteiger partial charge in [-0.25, -0.2) is 4.39 Å². The molecule has 0 spiro atoms. The van der Waals surface area contributed by atoms with Crippen molar-refractivity contribution in [1.29, 1.82) is 0 Å². The van der Waals surface area contributed by atoms with Crippen molar-refractivity contribution in [3.63, 3.8) is 0 Å². The number of carbonyl (C=O) groups excluding carboxylic acids is 1.